The molecule has 0 spiro atoms. The number of aliphatic hydroxyl groups is 1. The Balaban J connectivity index is 1.73. The average molecular weight is 240 g/mol. The van der Waals surface area contributed by atoms with Gasteiger partial charge >= 0.3 is 0 Å². The summed E-state index contributed by atoms with van der Waals surface area (Å²) in [6, 6.07) is 0.309. The maximum atomic E-state index is 11.9. The molecule has 1 aliphatic heterocycles. The van der Waals surface area contributed by atoms with Crippen LogP contribution in [0.2, 0.25) is 0 Å². The summed E-state index contributed by atoms with van der Waals surface area (Å²) in [6.07, 6.45) is 6.03. The molecule has 2 fully saturated rings. The second-order valence-corrected chi connectivity index (χ2v) is 5.75. The van der Waals surface area contributed by atoms with Crippen LogP contribution in [0.5, 0.6) is 0 Å². The van der Waals surface area contributed by atoms with Crippen molar-refractivity contribution < 1.29 is 9.90 Å². The Bertz CT molecular complexity index is 267. The Kier molecular flexibility index (Phi) is 4.05. The summed E-state index contributed by atoms with van der Waals surface area (Å²) in [5.41, 5.74) is -0.713. The lowest BCUT2D eigenvalue weighted by molar-refractivity contribution is -0.126. The zero-order valence-electron chi connectivity index (χ0n) is 10.7. The molecule has 2 aliphatic rings. The van der Waals surface area contributed by atoms with Gasteiger partial charge < -0.3 is 15.3 Å². The number of nitrogens with zero attached hydrogens (tertiary/aromatic N) is 1. The fraction of sp³-hybridized carbons (Fsp3) is 0.923. The molecule has 0 aromatic carbocycles. The van der Waals surface area contributed by atoms with Crippen LogP contribution in [0, 0.1) is 0 Å². The Hall–Kier alpha value is -0.610. The van der Waals surface area contributed by atoms with Gasteiger partial charge in [0.1, 0.15) is 0 Å². The molecule has 98 valence electrons. The molecule has 0 aromatic heterocycles. The van der Waals surface area contributed by atoms with Gasteiger partial charge in [-0.25, -0.2) is 0 Å². The molecule has 4 heteroatoms. The normalized spacial score (nSPS) is 26.0. The molecule has 1 aliphatic carbocycles. The van der Waals surface area contributed by atoms with E-state index < -0.39 is 5.60 Å². The number of likely N-dealkylation sites (tertiary alicyclic amines) is 1. The van der Waals surface area contributed by atoms with Gasteiger partial charge in [0.25, 0.3) is 0 Å². The number of carbonyl (C=O) groups is 1. The summed E-state index contributed by atoms with van der Waals surface area (Å²) in [6.45, 7) is 2.10. The van der Waals surface area contributed by atoms with Crippen LogP contribution in [0.15, 0.2) is 0 Å². The van der Waals surface area contributed by atoms with E-state index >= 15 is 0 Å². The standard InChI is InChI=1S/C13H24N2O2/c1-15-8-4-11(5-9-15)14-12(16)10-13(17)6-2-3-7-13/h11,17H,2-10H2,1H3,(H,14,16). The highest BCUT2D eigenvalue weighted by atomic mass is 16.3. The molecule has 0 bridgehead atoms. The van der Waals surface area contributed by atoms with Gasteiger partial charge in [0.15, 0.2) is 0 Å². The van der Waals surface area contributed by atoms with Crippen LogP contribution < -0.4 is 5.32 Å². The average Bonchev–Trinajstić information content (AvgIpc) is 2.68. The lowest BCUT2D eigenvalue weighted by Crippen LogP contribution is -2.45. The van der Waals surface area contributed by atoms with Crippen molar-refractivity contribution in [3.05, 3.63) is 0 Å². The molecule has 1 saturated carbocycles. The molecular formula is C13H24N2O2. The van der Waals surface area contributed by atoms with Crippen molar-refractivity contribution in [1.82, 2.24) is 10.2 Å². The zero-order chi connectivity index (χ0) is 12.3. The predicted octanol–water partition coefficient (Wildman–Crippen LogP) is 0.892. The third-order valence-electron chi connectivity index (χ3n) is 4.11. The molecule has 4 nitrogen and oxygen atoms in total. The van der Waals surface area contributed by atoms with Crippen LogP contribution in [-0.4, -0.2) is 47.7 Å². The molecule has 0 aromatic rings. The number of rotatable bonds is 3. The topological polar surface area (TPSA) is 52.6 Å². The predicted molar refractivity (Wildman–Crippen MR) is 66.7 cm³/mol. The van der Waals surface area contributed by atoms with Gasteiger partial charge in [0.2, 0.25) is 5.91 Å². The van der Waals surface area contributed by atoms with Crippen molar-refractivity contribution in [2.24, 2.45) is 0 Å². The Morgan fingerprint density at radius 2 is 1.94 bits per heavy atom. The first-order valence-corrected chi connectivity index (χ1v) is 6.78. The lowest BCUT2D eigenvalue weighted by atomic mass is 9.97. The number of amides is 1. The molecule has 1 saturated heterocycles. The van der Waals surface area contributed by atoms with Crippen molar-refractivity contribution in [1.29, 1.82) is 0 Å². The van der Waals surface area contributed by atoms with E-state index in [0.717, 1.165) is 51.6 Å². The van der Waals surface area contributed by atoms with Crippen molar-refractivity contribution in [3.63, 3.8) is 0 Å². The summed E-state index contributed by atoms with van der Waals surface area (Å²) < 4.78 is 0. The van der Waals surface area contributed by atoms with Gasteiger partial charge in [-0.1, -0.05) is 12.8 Å². The zero-order valence-corrected chi connectivity index (χ0v) is 10.7. The van der Waals surface area contributed by atoms with E-state index in [1.807, 2.05) is 0 Å². The maximum absolute atomic E-state index is 11.9. The Morgan fingerprint density at radius 3 is 2.53 bits per heavy atom. The van der Waals surface area contributed by atoms with E-state index in [1.54, 1.807) is 0 Å². The summed E-state index contributed by atoms with van der Waals surface area (Å²) in [4.78, 5) is 14.2. The van der Waals surface area contributed by atoms with E-state index in [1.165, 1.54) is 0 Å². The highest BCUT2D eigenvalue weighted by Crippen LogP contribution is 2.32. The minimum Gasteiger partial charge on any atom is -0.389 e. The SMILES string of the molecule is CN1CCC(NC(=O)CC2(O)CCCC2)CC1. The van der Waals surface area contributed by atoms with E-state index in [4.69, 9.17) is 0 Å². The lowest BCUT2D eigenvalue weighted by Gasteiger charge is -2.30. The minimum absolute atomic E-state index is 0.0314. The van der Waals surface area contributed by atoms with Crippen LogP contribution in [-0.2, 0) is 4.79 Å². The highest BCUT2D eigenvalue weighted by molar-refractivity contribution is 5.77. The summed E-state index contributed by atoms with van der Waals surface area (Å²) in [7, 11) is 2.11. The van der Waals surface area contributed by atoms with Crippen LogP contribution in [0.1, 0.15) is 44.9 Å². The van der Waals surface area contributed by atoms with Gasteiger partial charge in [0, 0.05) is 6.04 Å². The largest absolute Gasteiger partial charge is 0.389 e. The highest BCUT2D eigenvalue weighted by Gasteiger charge is 2.34. The Labute approximate surface area is 103 Å². The molecular weight excluding hydrogens is 216 g/mol. The number of piperidine rings is 1. The molecule has 0 radical (unpaired) electrons. The van der Waals surface area contributed by atoms with E-state index in [9.17, 15) is 9.90 Å². The fourth-order valence-corrected chi connectivity index (χ4v) is 2.94. The number of carbonyl (C=O) groups excluding carboxylic acids is 1. The first-order valence-electron chi connectivity index (χ1n) is 6.78. The summed E-state index contributed by atoms with van der Waals surface area (Å²) >= 11 is 0. The second kappa shape index (κ2) is 5.36. The maximum Gasteiger partial charge on any atom is 0.223 e. The van der Waals surface area contributed by atoms with Gasteiger partial charge in [-0.05, 0) is 45.8 Å². The van der Waals surface area contributed by atoms with Crippen molar-refractivity contribution >= 4 is 5.91 Å². The third kappa shape index (κ3) is 3.68. The fourth-order valence-electron chi connectivity index (χ4n) is 2.94. The van der Waals surface area contributed by atoms with E-state index in [-0.39, 0.29) is 5.91 Å². The molecule has 17 heavy (non-hydrogen) atoms. The molecule has 1 amide bonds. The molecule has 1 heterocycles. The number of hydrogen-bond donors (Lipinski definition) is 2. The van der Waals surface area contributed by atoms with Gasteiger partial charge in [-0.15, -0.1) is 0 Å². The first kappa shape index (κ1) is 12.8. The van der Waals surface area contributed by atoms with Gasteiger partial charge in [-0.2, -0.15) is 0 Å². The van der Waals surface area contributed by atoms with Crippen LogP contribution >= 0.6 is 0 Å². The van der Waals surface area contributed by atoms with Crippen molar-refractivity contribution in [3.8, 4) is 0 Å². The quantitative estimate of drug-likeness (QED) is 0.770. The van der Waals surface area contributed by atoms with E-state index in [2.05, 4.69) is 17.3 Å². The summed E-state index contributed by atoms with van der Waals surface area (Å²) in [5.74, 6) is 0.0314. The monoisotopic (exact) mass is 240 g/mol. The number of nitrogens with one attached hydrogen (secondary N) is 1. The molecule has 2 rings (SSSR count). The van der Waals surface area contributed by atoms with Crippen molar-refractivity contribution in [2.75, 3.05) is 20.1 Å². The molecule has 2 N–H and O–H groups in total. The first-order chi connectivity index (χ1) is 8.07. The minimum atomic E-state index is -0.713. The van der Waals surface area contributed by atoms with Crippen molar-refractivity contribution in [2.45, 2.75) is 56.6 Å². The van der Waals surface area contributed by atoms with Crippen LogP contribution in [0.25, 0.3) is 0 Å². The van der Waals surface area contributed by atoms with Gasteiger partial charge in [0.05, 0.1) is 12.0 Å². The molecule has 0 unspecified atom stereocenters. The smallest absolute Gasteiger partial charge is 0.223 e. The second-order valence-electron chi connectivity index (χ2n) is 5.75. The van der Waals surface area contributed by atoms with Crippen LogP contribution in [0.3, 0.4) is 0 Å². The third-order valence-corrected chi connectivity index (χ3v) is 4.11. The summed E-state index contributed by atoms with van der Waals surface area (Å²) in [5, 5.41) is 13.2. The van der Waals surface area contributed by atoms with Crippen LogP contribution in [0.4, 0.5) is 0 Å². The van der Waals surface area contributed by atoms with Gasteiger partial charge in [-0.3, -0.25) is 4.79 Å². The Morgan fingerprint density at radius 1 is 1.35 bits per heavy atom. The van der Waals surface area contributed by atoms with E-state index in [0.29, 0.717) is 12.5 Å². The molecule has 0 atom stereocenters. The number of hydrogen-bond acceptors (Lipinski definition) is 3.